The van der Waals surface area contributed by atoms with Crippen LogP contribution in [0.1, 0.15) is 77.0 Å². The van der Waals surface area contributed by atoms with E-state index in [4.69, 9.17) is 0 Å². The lowest BCUT2D eigenvalue weighted by Crippen LogP contribution is -2.39. The van der Waals surface area contributed by atoms with Crippen molar-refractivity contribution in [3.8, 4) is 0 Å². The Kier molecular flexibility index (Phi) is 8.68. The standard InChI is InChI=1S/C18H36N2O/c21-16-12-18(20-14-7-2-8-15-20)11-4-1-3-9-17-10-5-6-13-19-17/h17-19,21H,1-16H2. The van der Waals surface area contributed by atoms with Crippen LogP contribution >= 0.6 is 0 Å². The van der Waals surface area contributed by atoms with Crippen molar-refractivity contribution in [3.05, 3.63) is 0 Å². The zero-order valence-electron chi connectivity index (χ0n) is 13.9. The maximum absolute atomic E-state index is 9.31. The fourth-order valence-electron chi connectivity index (χ4n) is 4.06. The number of aliphatic hydroxyl groups excluding tert-OH is 1. The van der Waals surface area contributed by atoms with Crippen molar-refractivity contribution in [3.63, 3.8) is 0 Å². The molecule has 0 aromatic heterocycles. The van der Waals surface area contributed by atoms with E-state index in [9.17, 15) is 5.11 Å². The summed E-state index contributed by atoms with van der Waals surface area (Å²) in [6, 6.07) is 1.44. The molecule has 3 nitrogen and oxygen atoms in total. The fraction of sp³-hybridized carbons (Fsp3) is 1.00. The highest BCUT2D eigenvalue weighted by Gasteiger charge is 2.19. The van der Waals surface area contributed by atoms with E-state index in [0.29, 0.717) is 12.6 Å². The van der Waals surface area contributed by atoms with Gasteiger partial charge in [-0.25, -0.2) is 0 Å². The first-order chi connectivity index (χ1) is 10.4. The van der Waals surface area contributed by atoms with Gasteiger partial charge in [0.2, 0.25) is 0 Å². The smallest absolute Gasteiger partial charge is 0.0445 e. The minimum atomic E-state index is 0.354. The Labute approximate surface area is 131 Å². The molecule has 0 aromatic rings. The molecule has 2 N–H and O–H groups in total. The van der Waals surface area contributed by atoms with Crippen LogP contribution in [-0.2, 0) is 0 Å². The molecule has 124 valence electrons. The molecule has 2 aliphatic rings. The van der Waals surface area contributed by atoms with Gasteiger partial charge in [-0.2, -0.15) is 0 Å². The molecule has 0 bridgehead atoms. The Bertz CT molecular complexity index is 248. The highest BCUT2D eigenvalue weighted by atomic mass is 16.3. The molecule has 21 heavy (non-hydrogen) atoms. The zero-order chi connectivity index (χ0) is 14.8. The van der Waals surface area contributed by atoms with Crippen LogP contribution in [0.25, 0.3) is 0 Å². The normalized spacial score (nSPS) is 25.9. The lowest BCUT2D eigenvalue weighted by Gasteiger charge is -2.34. The van der Waals surface area contributed by atoms with E-state index < -0.39 is 0 Å². The number of nitrogens with one attached hydrogen (secondary N) is 1. The van der Waals surface area contributed by atoms with Gasteiger partial charge in [-0.15, -0.1) is 0 Å². The van der Waals surface area contributed by atoms with Crippen molar-refractivity contribution in [1.29, 1.82) is 0 Å². The van der Waals surface area contributed by atoms with E-state index in [2.05, 4.69) is 10.2 Å². The Balaban J connectivity index is 1.55. The van der Waals surface area contributed by atoms with Gasteiger partial charge in [0.15, 0.2) is 0 Å². The van der Waals surface area contributed by atoms with Gasteiger partial charge in [0.05, 0.1) is 0 Å². The zero-order valence-corrected chi connectivity index (χ0v) is 13.9. The van der Waals surface area contributed by atoms with Gasteiger partial charge in [0, 0.05) is 18.7 Å². The Morgan fingerprint density at radius 3 is 2.52 bits per heavy atom. The van der Waals surface area contributed by atoms with Gasteiger partial charge in [0.1, 0.15) is 0 Å². The average molecular weight is 296 g/mol. The van der Waals surface area contributed by atoms with Crippen molar-refractivity contribution in [1.82, 2.24) is 10.2 Å². The number of likely N-dealkylation sites (tertiary alicyclic amines) is 1. The molecule has 0 radical (unpaired) electrons. The highest BCUT2D eigenvalue weighted by molar-refractivity contribution is 4.76. The third-order valence-electron chi connectivity index (χ3n) is 5.37. The maximum Gasteiger partial charge on any atom is 0.0445 e. The summed E-state index contributed by atoms with van der Waals surface area (Å²) in [5.74, 6) is 0. The molecule has 2 rings (SSSR count). The summed E-state index contributed by atoms with van der Waals surface area (Å²) in [6.45, 7) is 4.11. The lowest BCUT2D eigenvalue weighted by atomic mass is 9.97. The molecule has 0 amide bonds. The first-order valence-corrected chi connectivity index (χ1v) is 9.48. The molecule has 0 aliphatic carbocycles. The summed E-state index contributed by atoms with van der Waals surface area (Å²) < 4.78 is 0. The first-order valence-electron chi connectivity index (χ1n) is 9.48. The fourth-order valence-corrected chi connectivity index (χ4v) is 4.06. The Morgan fingerprint density at radius 2 is 1.81 bits per heavy atom. The molecular formula is C18H36N2O. The van der Waals surface area contributed by atoms with Crippen molar-refractivity contribution < 1.29 is 5.11 Å². The molecule has 2 unspecified atom stereocenters. The summed E-state index contributed by atoms with van der Waals surface area (Å²) in [5.41, 5.74) is 0. The third-order valence-corrected chi connectivity index (χ3v) is 5.37. The summed E-state index contributed by atoms with van der Waals surface area (Å²) in [7, 11) is 0. The molecule has 0 aromatic carbocycles. The summed E-state index contributed by atoms with van der Waals surface area (Å²) in [6.07, 6.45) is 16.0. The van der Waals surface area contributed by atoms with Crippen LogP contribution in [0.5, 0.6) is 0 Å². The van der Waals surface area contributed by atoms with E-state index >= 15 is 0 Å². The average Bonchev–Trinajstić information content (AvgIpc) is 2.55. The maximum atomic E-state index is 9.31. The van der Waals surface area contributed by atoms with Crippen LogP contribution in [0.15, 0.2) is 0 Å². The van der Waals surface area contributed by atoms with Crippen LogP contribution in [-0.4, -0.2) is 48.3 Å². The van der Waals surface area contributed by atoms with Gasteiger partial charge < -0.3 is 15.3 Å². The van der Waals surface area contributed by atoms with Gasteiger partial charge >= 0.3 is 0 Å². The molecule has 0 spiro atoms. The van der Waals surface area contributed by atoms with Crippen molar-refractivity contribution >= 4 is 0 Å². The van der Waals surface area contributed by atoms with Crippen LogP contribution in [0.3, 0.4) is 0 Å². The van der Waals surface area contributed by atoms with Crippen LogP contribution in [0, 0.1) is 0 Å². The van der Waals surface area contributed by atoms with Crippen molar-refractivity contribution in [2.24, 2.45) is 0 Å². The molecule has 2 heterocycles. The van der Waals surface area contributed by atoms with Gasteiger partial charge in [-0.3, -0.25) is 0 Å². The largest absolute Gasteiger partial charge is 0.396 e. The van der Waals surface area contributed by atoms with Crippen LogP contribution < -0.4 is 5.32 Å². The minimum absolute atomic E-state index is 0.354. The van der Waals surface area contributed by atoms with E-state index in [0.717, 1.165) is 12.5 Å². The Hall–Kier alpha value is -0.120. The third kappa shape index (κ3) is 6.66. The van der Waals surface area contributed by atoms with E-state index in [1.807, 2.05) is 0 Å². The molecule has 2 atom stereocenters. The number of unbranched alkanes of at least 4 members (excludes halogenated alkanes) is 2. The molecule has 3 heteroatoms. The quantitative estimate of drug-likeness (QED) is 0.641. The first kappa shape index (κ1) is 17.2. The SMILES string of the molecule is OCCC(CCCCCC1CCCCN1)N1CCCCC1. The predicted molar refractivity (Wildman–Crippen MR) is 89.6 cm³/mol. The number of aliphatic hydroxyl groups is 1. The monoisotopic (exact) mass is 296 g/mol. The van der Waals surface area contributed by atoms with Crippen molar-refractivity contribution in [2.75, 3.05) is 26.2 Å². The lowest BCUT2D eigenvalue weighted by molar-refractivity contribution is 0.124. The van der Waals surface area contributed by atoms with Crippen LogP contribution in [0.4, 0.5) is 0 Å². The Morgan fingerprint density at radius 1 is 0.952 bits per heavy atom. The molecule has 2 saturated heterocycles. The summed E-state index contributed by atoms with van der Waals surface area (Å²) in [5, 5.41) is 13.0. The second-order valence-corrected chi connectivity index (χ2v) is 7.05. The molecule has 2 fully saturated rings. The van der Waals surface area contributed by atoms with Gasteiger partial charge in [-0.05, 0) is 64.6 Å². The number of hydrogen-bond donors (Lipinski definition) is 2. The highest BCUT2D eigenvalue weighted by Crippen LogP contribution is 2.20. The molecule has 0 saturated carbocycles. The van der Waals surface area contributed by atoms with Crippen molar-refractivity contribution in [2.45, 2.75) is 89.1 Å². The number of piperidine rings is 2. The summed E-state index contributed by atoms with van der Waals surface area (Å²) in [4.78, 5) is 2.64. The molecular weight excluding hydrogens is 260 g/mol. The van der Waals surface area contributed by atoms with E-state index in [1.165, 1.54) is 90.3 Å². The number of rotatable bonds is 9. The van der Waals surface area contributed by atoms with Crippen LogP contribution in [0.2, 0.25) is 0 Å². The van der Waals surface area contributed by atoms with Gasteiger partial charge in [-0.1, -0.05) is 32.1 Å². The number of hydrogen-bond acceptors (Lipinski definition) is 3. The second-order valence-electron chi connectivity index (χ2n) is 7.05. The van der Waals surface area contributed by atoms with E-state index in [-0.39, 0.29) is 0 Å². The molecule has 2 aliphatic heterocycles. The van der Waals surface area contributed by atoms with E-state index in [1.54, 1.807) is 0 Å². The topological polar surface area (TPSA) is 35.5 Å². The summed E-state index contributed by atoms with van der Waals surface area (Å²) >= 11 is 0. The predicted octanol–water partition coefficient (Wildman–Crippen LogP) is 3.32. The van der Waals surface area contributed by atoms with Gasteiger partial charge in [0.25, 0.3) is 0 Å². The minimum Gasteiger partial charge on any atom is -0.396 e. The number of nitrogens with zero attached hydrogens (tertiary/aromatic N) is 1. The second kappa shape index (κ2) is 10.6.